The summed E-state index contributed by atoms with van der Waals surface area (Å²) >= 11 is 0. The van der Waals surface area contributed by atoms with E-state index in [1.165, 1.54) is 0 Å². The average molecular weight is 426 g/mol. The molecule has 2 aromatic carbocycles. The van der Waals surface area contributed by atoms with Crippen LogP contribution in [0.3, 0.4) is 0 Å². The molecule has 0 unspecified atom stereocenters. The maximum Gasteiger partial charge on any atom is 0.407 e. The zero-order chi connectivity index (χ0) is 22.4. The largest absolute Gasteiger partial charge is 0.480 e. The Labute approximate surface area is 180 Å². The Morgan fingerprint density at radius 1 is 0.968 bits per heavy atom. The number of carboxylic acids is 1. The summed E-state index contributed by atoms with van der Waals surface area (Å²) in [5.41, 5.74) is 4.38. The minimum atomic E-state index is -1.25. The summed E-state index contributed by atoms with van der Waals surface area (Å²) in [5.74, 6) is -2.00. The Kier molecular flexibility index (Phi) is 7.25. The minimum Gasteiger partial charge on any atom is -0.480 e. The number of carbonyl (C=O) groups excluding carboxylic acids is 2. The highest BCUT2D eigenvalue weighted by Gasteiger charge is 2.30. The first-order valence-corrected chi connectivity index (χ1v) is 10.2. The third-order valence-electron chi connectivity index (χ3n) is 5.39. The van der Waals surface area contributed by atoms with Crippen molar-refractivity contribution in [3.8, 4) is 11.1 Å². The van der Waals surface area contributed by atoms with E-state index in [1.807, 2.05) is 48.5 Å². The summed E-state index contributed by atoms with van der Waals surface area (Å²) in [7, 11) is 0. The molecule has 0 saturated heterocycles. The van der Waals surface area contributed by atoms with E-state index in [2.05, 4.69) is 10.6 Å². The number of nitrogens with one attached hydrogen (secondary N) is 2. The minimum absolute atomic E-state index is 0.104. The molecule has 0 radical (unpaired) electrons. The number of ether oxygens (including phenoxy) is 1. The summed E-state index contributed by atoms with van der Waals surface area (Å²) < 4.78 is 5.44. The molecule has 0 fully saturated rings. The Morgan fingerprint density at radius 2 is 1.55 bits per heavy atom. The predicted octanol–water partition coefficient (Wildman–Crippen LogP) is 2.26. The van der Waals surface area contributed by atoms with Gasteiger partial charge in [-0.3, -0.25) is 4.79 Å². The number of carboxylic acid groups (broad SMARTS) is 1. The standard InChI is InChI=1S/C23H26N2O6/c1-2-19(21(27)24-20(11-12-26)22(28)29)25-23(30)31-13-18-16-9-5-3-7-14(16)15-8-4-6-10-17(15)18/h3-10,18-20,26H,2,11-13H2,1H3,(H,24,27)(H,25,30)(H,28,29)/t19-,20+/m1/s1. The molecule has 0 heterocycles. The van der Waals surface area contributed by atoms with E-state index in [0.29, 0.717) is 0 Å². The van der Waals surface area contributed by atoms with Crippen LogP contribution in [-0.4, -0.2) is 53.5 Å². The molecule has 2 amide bonds. The zero-order valence-electron chi connectivity index (χ0n) is 17.2. The highest BCUT2D eigenvalue weighted by atomic mass is 16.5. The number of aliphatic hydroxyl groups excluding tert-OH is 1. The van der Waals surface area contributed by atoms with Gasteiger partial charge in [-0.2, -0.15) is 0 Å². The zero-order valence-corrected chi connectivity index (χ0v) is 17.2. The molecular weight excluding hydrogens is 400 g/mol. The monoisotopic (exact) mass is 426 g/mol. The number of carbonyl (C=O) groups is 3. The fraction of sp³-hybridized carbons (Fsp3) is 0.348. The summed E-state index contributed by atoms with van der Waals surface area (Å²) in [6.45, 7) is 1.42. The van der Waals surface area contributed by atoms with Crippen LogP contribution in [0.1, 0.15) is 36.8 Å². The maximum atomic E-state index is 12.4. The Bertz CT molecular complexity index is 915. The van der Waals surface area contributed by atoms with Crippen LogP contribution in [0.25, 0.3) is 11.1 Å². The number of hydrogen-bond donors (Lipinski definition) is 4. The second kappa shape index (κ2) is 10.1. The van der Waals surface area contributed by atoms with Crippen LogP contribution >= 0.6 is 0 Å². The third kappa shape index (κ3) is 5.03. The van der Waals surface area contributed by atoms with Crippen molar-refractivity contribution >= 4 is 18.0 Å². The molecule has 2 aromatic rings. The smallest absolute Gasteiger partial charge is 0.407 e. The van der Waals surface area contributed by atoms with Crippen molar-refractivity contribution in [3.63, 3.8) is 0 Å². The second-order valence-corrected chi connectivity index (χ2v) is 7.34. The van der Waals surface area contributed by atoms with Gasteiger partial charge in [-0.05, 0) is 28.7 Å². The summed E-state index contributed by atoms with van der Waals surface area (Å²) in [6, 6.07) is 13.8. The van der Waals surface area contributed by atoms with Gasteiger partial charge >= 0.3 is 12.1 Å². The second-order valence-electron chi connectivity index (χ2n) is 7.34. The number of hydrogen-bond acceptors (Lipinski definition) is 5. The summed E-state index contributed by atoms with van der Waals surface area (Å²) in [4.78, 5) is 35.9. The van der Waals surface area contributed by atoms with Gasteiger partial charge in [-0.25, -0.2) is 9.59 Å². The van der Waals surface area contributed by atoms with Crippen molar-refractivity contribution in [2.45, 2.75) is 37.8 Å². The van der Waals surface area contributed by atoms with Gasteiger partial charge in [-0.1, -0.05) is 55.5 Å². The molecule has 3 rings (SSSR count). The quantitative estimate of drug-likeness (QED) is 0.487. The number of aliphatic carboxylic acids is 1. The van der Waals surface area contributed by atoms with E-state index in [1.54, 1.807) is 6.92 Å². The van der Waals surface area contributed by atoms with Gasteiger partial charge in [0.1, 0.15) is 18.7 Å². The van der Waals surface area contributed by atoms with Gasteiger partial charge in [0.25, 0.3) is 0 Å². The lowest BCUT2D eigenvalue weighted by atomic mass is 9.98. The highest BCUT2D eigenvalue weighted by Crippen LogP contribution is 2.44. The van der Waals surface area contributed by atoms with Crippen LogP contribution in [0.5, 0.6) is 0 Å². The van der Waals surface area contributed by atoms with E-state index in [-0.39, 0.29) is 32.0 Å². The molecule has 0 saturated carbocycles. The Morgan fingerprint density at radius 3 is 2.06 bits per heavy atom. The first-order valence-electron chi connectivity index (χ1n) is 10.2. The van der Waals surface area contributed by atoms with E-state index < -0.39 is 30.1 Å². The molecule has 1 aliphatic carbocycles. The van der Waals surface area contributed by atoms with Crippen LogP contribution in [0, 0.1) is 0 Å². The molecule has 164 valence electrons. The van der Waals surface area contributed by atoms with Gasteiger partial charge in [-0.15, -0.1) is 0 Å². The first-order chi connectivity index (χ1) is 15.0. The number of fused-ring (bicyclic) bond motifs is 3. The topological polar surface area (TPSA) is 125 Å². The van der Waals surface area contributed by atoms with Gasteiger partial charge < -0.3 is 25.6 Å². The predicted molar refractivity (Wildman–Crippen MR) is 114 cm³/mol. The molecule has 4 N–H and O–H groups in total. The maximum absolute atomic E-state index is 12.4. The molecule has 0 aliphatic heterocycles. The van der Waals surface area contributed by atoms with Gasteiger partial charge in [0, 0.05) is 18.9 Å². The van der Waals surface area contributed by atoms with Gasteiger partial charge in [0.05, 0.1) is 0 Å². The SMILES string of the molecule is CC[C@@H](NC(=O)OCC1c2ccccc2-c2ccccc21)C(=O)N[C@@H](CCO)C(=O)O. The lowest BCUT2D eigenvalue weighted by Gasteiger charge is -2.20. The lowest BCUT2D eigenvalue weighted by molar-refractivity contribution is -0.142. The van der Waals surface area contributed by atoms with Crippen molar-refractivity contribution in [1.82, 2.24) is 10.6 Å². The molecule has 8 heteroatoms. The number of aliphatic hydroxyl groups is 1. The normalized spacial score (nSPS) is 14.1. The molecule has 1 aliphatic rings. The van der Waals surface area contributed by atoms with Crippen LogP contribution in [0.15, 0.2) is 48.5 Å². The van der Waals surface area contributed by atoms with Crippen molar-refractivity contribution < 1.29 is 29.3 Å². The number of alkyl carbamates (subject to hydrolysis) is 1. The van der Waals surface area contributed by atoms with Crippen molar-refractivity contribution in [2.24, 2.45) is 0 Å². The summed E-state index contributed by atoms with van der Waals surface area (Å²) in [5, 5.41) is 22.9. The Hall–Kier alpha value is -3.39. The van der Waals surface area contributed by atoms with Crippen molar-refractivity contribution in [2.75, 3.05) is 13.2 Å². The lowest BCUT2D eigenvalue weighted by Crippen LogP contribution is -2.51. The third-order valence-corrected chi connectivity index (χ3v) is 5.39. The van der Waals surface area contributed by atoms with E-state index in [9.17, 15) is 14.4 Å². The molecule has 0 bridgehead atoms. The summed E-state index contributed by atoms with van der Waals surface area (Å²) in [6.07, 6.45) is -0.623. The molecule has 0 aromatic heterocycles. The van der Waals surface area contributed by atoms with E-state index in [4.69, 9.17) is 14.9 Å². The van der Waals surface area contributed by atoms with Crippen LogP contribution in [0.4, 0.5) is 4.79 Å². The van der Waals surface area contributed by atoms with Crippen molar-refractivity contribution in [1.29, 1.82) is 0 Å². The van der Waals surface area contributed by atoms with Crippen LogP contribution in [0.2, 0.25) is 0 Å². The number of amides is 2. The number of benzene rings is 2. The number of rotatable bonds is 9. The van der Waals surface area contributed by atoms with Gasteiger partial charge in [0.2, 0.25) is 5.91 Å². The van der Waals surface area contributed by atoms with Gasteiger partial charge in [0.15, 0.2) is 0 Å². The van der Waals surface area contributed by atoms with E-state index in [0.717, 1.165) is 22.3 Å². The average Bonchev–Trinajstić information content (AvgIpc) is 3.09. The van der Waals surface area contributed by atoms with Crippen LogP contribution in [-0.2, 0) is 14.3 Å². The first kappa shape index (κ1) is 22.3. The Balaban J connectivity index is 1.62. The van der Waals surface area contributed by atoms with Crippen molar-refractivity contribution in [3.05, 3.63) is 59.7 Å². The highest BCUT2D eigenvalue weighted by molar-refractivity contribution is 5.89. The molecule has 8 nitrogen and oxygen atoms in total. The molecular formula is C23H26N2O6. The molecule has 2 atom stereocenters. The van der Waals surface area contributed by atoms with E-state index >= 15 is 0 Å². The molecule has 0 spiro atoms. The van der Waals surface area contributed by atoms with Crippen LogP contribution < -0.4 is 10.6 Å². The fourth-order valence-electron chi connectivity index (χ4n) is 3.79. The molecule has 31 heavy (non-hydrogen) atoms. The fourth-order valence-corrected chi connectivity index (χ4v) is 3.79.